The maximum absolute atomic E-state index is 12.6. The summed E-state index contributed by atoms with van der Waals surface area (Å²) < 4.78 is 43.0. The largest absolute Gasteiger partial charge is 0.459 e. The maximum Gasteiger partial charge on any atom is 0.416 e. The number of alkyl halides is 3. The molecule has 0 aromatic heterocycles. The summed E-state index contributed by atoms with van der Waals surface area (Å²) in [5.41, 5.74) is 4.13. The van der Waals surface area contributed by atoms with Gasteiger partial charge >= 0.3 is 12.1 Å². The Bertz CT molecular complexity index is 484. The van der Waals surface area contributed by atoms with Crippen LogP contribution in [-0.2, 0) is 10.9 Å². The lowest BCUT2D eigenvalue weighted by Crippen LogP contribution is -2.18. The lowest BCUT2D eigenvalue weighted by atomic mass is 10.1. The molecule has 0 aliphatic heterocycles. The van der Waals surface area contributed by atoms with E-state index in [4.69, 9.17) is 10.5 Å². The highest BCUT2D eigenvalue weighted by Gasteiger charge is 2.32. The van der Waals surface area contributed by atoms with E-state index in [1.54, 1.807) is 6.92 Å². The first kappa shape index (κ1) is 16.3. The van der Waals surface area contributed by atoms with Crippen LogP contribution >= 0.6 is 0 Å². The van der Waals surface area contributed by atoms with Crippen LogP contribution in [0.5, 0.6) is 0 Å². The number of nitrogens with two attached hydrogens (primary N) is 1. The second-order valence-electron chi connectivity index (χ2n) is 5.19. The van der Waals surface area contributed by atoms with Gasteiger partial charge in [-0.15, -0.1) is 0 Å². The van der Waals surface area contributed by atoms with Gasteiger partial charge in [-0.1, -0.05) is 13.8 Å². The van der Waals surface area contributed by atoms with Crippen LogP contribution in [0, 0.1) is 5.92 Å². The molecule has 2 N–H and O–H groups in total. The molecular weight excluding hydrogens is 271 g/mol. The molecule has 0 heterocycles. The summed E-state index contributed by atoms with van der Waals surface area (Å²) >= 11 is 0. The Kier molecular flexibility index (Phi) is 5.03. The van der Waals surface area contributed by atoms with Crippen molar-refractivity contribution in [1.82, 2.24) is 0 Å². The third kappa shape index (κ3) is 4.75. The van der Waals surface area contributed by atoms with Crippen LogP contribution in [0.25, 0.3) is 0 Å². The third-order valence-electron chi connectivity index (χ3n) is 2.63. The molecule has 3 nitrogen and oxygen atoms in total. The van der Waals surface area contributed by atoms with Crippen LogP contribution in [0.4, 0.5) is 18.9 Å². The lowest BCUT2D eigenvalue weighted by molar-refractivity contribution is -0.137. The fourth-order valence-electron chi connectivity index (χ4n) is 1.90. The first-order chi connectivity index (χ1) is 9.09. The first-order valence-electron chi connectivity index (χ1n) is 6.28. The zero-order chi connectivity index (χ0) is 15.5. The monoisotopic (exact) mass is 289 g/mol. The second-order valence-corrected chi connectivity index (χ2v) is 5.19. The highest BCUT2D eigenvalue weighted by molar-refractivity contribution is 5.90. The van der Waals surface area contributed by atoms with E-state index >= 15 is 0 Å². The van der Waals surface area contributed by atoms with Gasteiger partial charge in [0.15, 0.2) is 0 Å². The molecule has 0 bridgehead atoms. The number of anilines is 1. The van der Waals surface area contributed by atoms with E-state index < -0.39 is 17.7 Å². The molecule has 1 aromatic rings. The van der Waals surface area contributed by atoms with Crippen molar-refractivity contribution in [2.45, 2.75) is 39.5 Å². The van der Waals surface area contributed by atoms with Crippen LogP contribution in [0.1, 0.15) is 43.1 Å². The van der Waals surface area contributed by atoms with Crippen molar-refractivity contribution in [2.24, 2.45) is 5.92 Å². The van der Waals surface area contributed by atoms with Crippen molar-refractivity contribution in [2.75, 3.05) is 5.73 Å². The van der Waals surface area contributed by atoms with Crippen LogP contribution in [0.15, 0.2) is 18.2 Å². The van der Waals surface area contributed by atoms with Crippen molar-refractivity contribution in [1.29, 1.82) is 0 Å². The number of hydrogen-bond acceptors (Lipinski definition) is 3. The van der Waals surface area contributed by atoms with Crippen molar-refractivity contribution >= 4 is 11.7 Å². The normalized spacial score (nSPS) is 13.3. The summed E-state index contributed by atoms with van der Waals surface area (Å²) in [5, 5.41) is 0. The van der Waals surface area contributed by atoms with Crippen LogP contribution in [-0.4, -0.2) is 12.1 Å². The fourth-order valence-corrected chi connectivity index (χ4v) is 1.90. The predicted octanol–water partition coefficient (Wildman–Crippen LogP) is 3.88. The molecule has 1 atom stereocenters. The van der Waals surface area contributed by atoms with E-state index in [9.17, 15) is 18.0 Å². The van der Waals surface area contributed by atoms with Gasteiger partial charge in [-0.3, -0.25) is 0 Å². The Morgan fingerprint density at radius 1 is 1.25 bits per heavy atom. The quantitative estimate of drug-likeness (QED) is 0.676. The molecule has 0 saturated carbocycles. The van der Waals surface area contributed by atoms with Gasteiger partial charge in [-0.2, -0.15) is 13.2 Å². The standard InChI is InChI=1S/C14H18F3NO2/c1-8(2)4-9(3)20-13(19)10-5-11(14(15,16)17)7-12(18)6-10/h5-9H,4,18H2,1-3H3. The molecule has 20 heavy (non-hydrogen) atoms. The van der Waals surface area contributed by atoms with E-state index in [0.29, 0.717) is 12.3 Å². The smallest absolute Gasteiger partial charge is 0.416 e. The predicted molar refractivity (Wildman–Crippen MR) is 70.2 cm³/mol. The Morgan fingerprint density at radius 2 is 1.85 bits per heavy atom. The topological polar surface area (TPSA) is 52.3 Å². The molecule has 0 saturated heterocycles. The Labute approximate surface area is 115 Å². The number of carbonyl (C=O) groups excluding carboxylic acids is 1. The minimum atomic E-state index is -4.55. The average molecular weight is 289 g/mol. The van der Waals surface area contributed by atoms with Crippen LogP contribution < -0.4 is 5.73 Å². The summed E-state index contributed by atoms with van der Waals surface area (Å²) in [7, 11) is 0. The SMILES string of the molecule is CC(C)CC(C)OC(=O)c1cc(N)cc(C(F)(F)F)c1. The minimum Gasteiger partial charge on any atom is -0.459 e. The molecule has 1 unspecified atom stereocenters. The number of nitrogen functional groups attached to an aromatic ring is 1. The number of ether oxygens (including phenoxy) is 1. The number of benzene rings is 1. The fraction of sp³-hybridized carbons (Fsp3) is 0.500. The van der Waals surface area contributed by atoms with E-state index in [2.05, 4.69) is 0 Å². The Hall–Kier alpha value is -1.72. The van der Waals surface area contributed by atoms with Crippen molar-refractivity contribution in [3.63, 3.8) is 0 Å². The average Bonchev–Trinajstić information content (AvgIpc) is 2.25. The maximum atomic E-state index is 12.6. The van der Waals surface area contributed by atoms with Gasteiger partial charge in [0, 0.05) is 5.69 Å². The van der Waals surface area contributed by atoms with Crippen LogP contribution in [0.3, 0.4) is 0 Å². The molecule has 0 aliphatic rings. The van der Waals surface area contributed by atoms with Gasteiger partial charge in [0.2, 0.25) is 0 Å². The van der Waals surface area contributed by atoms with Crippen LogP contribution in [0.2, 0.25) is 0 Å². The zero-order valence-electron chi connectivity index (χ0n) is 11.6. The van der Waals surface area contributed by atoms with Crippen molar-refractivity contribution in [3.05, 3.63) is 29.3 Å². The van der Waals surface area contributed by atoms with Gasteiger partial charge in [0.25, 0.3) is 0 Å². The molecule has 0 amide bonds. The number of carbonyl (C=O) groups is 1. The third-order valence-corrected chi connectivity index (χ3v) is 2.63. The Balaban J connectivity index is 2.91. The highest BCUT2D eigenvalue weighted by atomic mass is 19.4. The van der Waals surface area contributed by atoms with Crippen molar-refractivity contribution < 1.29 is 22.7 Å². The number of hydrogen-bond donors (Lipinski definition) is 1. The molecular formula is C14H18F3NO2. The lowest BCUT2D eigenvalue weighted by Gasteiger charge is -2.16. The number of esters is 1. The molecule has 6 heteroatoms. The number of rotatable bonds is 4. The molecule has 0 fully saturated rings. The van der Waals surface area contributed by atoms with E-state index in [-0.39, 0.29) is 17.4 Å². The summed E-state index contributed by atoms with van der Waals surface area (Å²) in [4.78, 5) is 11.8. The molecule has 0 spiro atoms. The summed E-state index contributed by atoms with van der Waals surface area (Å²) in [6, 6.07) is 2.72. The highest BCUT2D eigenvalue weighted by Crippen LogP contribution is 2.31. The zero-order valence-corrected chi connectivity index (χ0v) is 11.6. The van der Waals surface area contributed by atoms with Gasteiger partial charge in [0.05, 0.1) is 17.2 Å². The van der Waals surface area contributed by atoms with E-state index in [0.717, 1.165) is 12.1 Å². The Morgan fingerprint density at radius 3 is 2.35 bits per heavy atom. The summed E-state index contributed by atoms with van der Waals surface area (Å²) in [6.07, 6.45) is -4.27. The van der Waals surface area contributed by atoms with Gasteiger partial charge < -0.3 is 10.5 Å². The molecule has 112 valence electrons. The van der Waals surface area contributed by atoms with E-state index in [1.165, 1.54) is 6.07 Å². The summed E-state index contributed by atoms with van der Waals surface area (Å²) in [5.74, 6) is -0.472. The first-order valence-corrected chi connectivity index (χ1v) is 6.28. The molecule has 1 aromatic carbocycles. The minimum absolute atomic E-state index is 0.122. The molecule has 1 rings (SSSR count). The molecule has 0 aliphatic carbocycles. The van der Waals surface area contributed by atoms with Gasteiger partial charge in [0.1, 0.15) is 0 Å². The molecule has 0 radical (unpaired) electrons. The van der Waals surface area contributed by atoms with E-state index in [1.807, 2.05) is 13.8 Å². The number of halogens is 3. The summed E-state index contributed by atoms with van der Waals surface area (Å²) in [6.45, 7) is 5.63. The second kappa shape index (κ2) is 6.15. The van der Waals surface area contributed by atoms with Crippen molar-refractivity contribution in [3.8, 4) is 0 Å². The van der Waals surface area contributed by atoms with Gasteiger partial charge in [-0.25, -0.2) is 4.79 Å². The van der Waals surface area contributed by atoms with Gasteiger partial charge in [-0.05, 0) is 37.5 Å².